The minimum absolute atomic E-state index is 0.0530. The molecule has 2 rings (SSSR count). The average Bonchev–Trinajstić information content (AvgIpc) is 2.53. The first-order valence-corrected chi connectivity index (χ1v) is 6.82. The van der Waals surface area contributed by atoms with Gasteiger partial charge in [0.15, 0.2) is 5.78 Å². The zero-order chi connectivity index (χ0) is 15.2. The van der Waals surface area contributed by atoms with Gasteiger partial charge in [-0.1, -0.05) is 12.1 Å². The van der Waals surface area contributed by atoms with Crippen molar-refractivity contribution in [2.75, 3.05) is 25.1 Å². The quantitative estimate of drug-likeness (QED) is 0.761. The van der Waals surface area contributed by atoms with Crippen LogP contribution in [-0.2, 0) is 0 Å². The molecule has 0 N–H and O–H groups in total. The number of halogens is 1. The predicted octanol–water partition coefficient (Wildman–Crippen LogP) is 3.54. The molecule has 0 bridgehead atoms. The Bertz CT molecular complexity index is 610. The van der Waals surface area contributed by atoms with Crippen LogP contribution in [0.4, 0.5) is 10.1 Å². The van der Waals surface area contributed by atoms with E-state index in [-0.39, 0.29) is 18.1 Å². The van der Waals surface area contributed by atoms with E-state index in [1.54, 1.807) is 54.5 Å². The number of carbonyl (C=O) groups excluding carboxylic acids is 1. The third-order valence-corrected chi connectivity index (χ3v) is 3.32. The summed E-state index contributed by atoms with van der Waals surface area (Å²) in [4.78, 5) is 14.0. The molecule has 0 unspecified atom stereocenters. The molecule has 110 valence electrons. The van der Waals surface area contributed by atoms with E-state index in [1.807, 2.05) is 6.92 Å². The molecule has 0 heterocycles. The number of nitrogens with zero attached hydrogens (tertiary/aromatic N) is 1. The third-order valence-electron chi connectivity index (χ3n) is 3.32. The van der Waals surface area contributed by atoms with Gasteiger partial charge in [0.1, 0.15) is 11.6 Å². The minimum atomic E-state index is -0.318. The van der Waals surface area contributed by atoms with Gasteiger partial charge in [-0.25, -0.2) is 4.39 Å². The molecule has 3 nitrogen and oxygen atoms in total. The van der Waals surface area contributed by atoms with Gasteiger partial charge in [-0.05, 0) is 43.3 Å². The molecule has 2 aromatic carbocycles. The highest BCUT2D eigenvalue weighted by Crippen LogP contribution is 2.19. The summed E-state index contributed by atoms with van der Waals surface area (Å²) in [6, 6.07) is 13.4. The van der Waals surface area contributed by atoms with Gasteiger partial charge in [-0.2, -0.15) is 0 Å². The second-order valence-corrected chi connectivity index (χ2v) is 4.62. The summed E-state index contributed by atoms with van der Waals surface area (Å²) in [6.07, 6.45) is 0. The van der Waals surface area contributed by atoms with Crippen LogP contribution in [0.2, 0.25) is 0 Å². The van der Waals surface area contributed by atoms with Crippen molar-refractivity contribution in [3.8, 4) is 5.75 Å². The van der Waals surface area contributed by atoms with Crippen molar-refractivity contribution in [1.29, 1.82) is 0 Å². The van der Waals surface area contributed by atoms with Crippen LogP contribution in [0.3, 0.4) is 0 Å². The van der Waals surface area contributed by atoms with Gasteiger partial charge < -0.3 is 9.64 Å². The lowest BCUT2D eigenvalue weighted by Gasteiger charge is -2.22. The fourth-order valence-electron chi connectivity index (χ4n) is 2.12. The molecule has 0 saturated carbocycles. The summed E-state index contributed by atoms with van der Waals surface area (Å²) < 4.78 is 18.9. The summed E-state index contributed by atoms with van der Waals surface area (Å²) in [5.74, 6) is 0.331. The monoisotopic (exact) mass is 287 g/mol. The van der Waals surface area contributed by atoms with Gasteiger partial charge in [-0.15, -0.1) is 0 Å². The van der Waals surface area contributed by atoms with E-state index in [2.05, 4.69) is 0 Å². The van der Waals surface area contributed by atoms with E-state index >= 15 is 0 Å². The molecule has 0 aromatic heterocycles. The number of Topliss-reactive ketones (excluding diaryl/α,β-unsaturated/α-hetero) is 1. The first-order chi connectivity index (χ1) is 10.2. The van der Waals surface area contributed by atoms with Crippen molar-refractivity contribution in [3.05, 3.63) is 59.9 Å². The van der Waals surface area contributed by atoms with E-state index in [0.717, 1.165) is 0 Å². The lowest BCUT2D eigenvalue weighted by molar-refractivity contribution is 0.0999. The number of hydrogen-bond donors (Lipinski definition) is 0. The lowest BCUT2D eigenvalue weighted by Crippen LogP contribution is -2.30. The van der Waals surface area contributed by atoms with Crippen molar-refractivity contribution >= 4 is 11.5 Å². The van der Waals surface area contributed by atoms with Crippen LogP contribution in [0.25, 0.3) is 0 Å². The number of hydrogen-bond acceptors (Lipinski definition) is 3. The molecule has 0 atom stereocenters. The van der Waals surface area contributed by atoms with Crippen LogP contribution in [0.15, 0.2) is 48.5 Å². The SMILES string of the molecule is CCN(CC(=O)c1ccc(OC)cc1)c1ccccc1F. The van der Waals surface area contributed by atoms with Gasteiger partial charge >= 0.3 is 0 Å². The zero-order valence-electron chi connectivity index (χ0n) is 12.2. The smallest absolute Gasteiger partial charge is 0.182 e. The zero-order valence-corrected chi connectivity index (χ0v) is 12.2. The highest BCUT2D eigenvalue weighted by molar-refractivity contribution is 5.99. The Morgan fingerprint density at radius 3 is 2.38 bits per heavy atom. The second-order valence-electron chi connectivity index (χ2n) is 4.62. The second kappa shape index (κ2) is 6.88. The molecule has 0 aliphatic carbocycles. The molecule has 0 aliphatic rings. The summed E-state index contributed by atoms with van der Waals surface area (Å²) in [5, 5.41) is 0. The van der Waals surface area contributed by atoms with E-state index in [4.69, 9.17) is 4.74 Å². The van der Waals surface area contributed by atoms with E-state index in [1.165, 1.54) is 6.07 Å². The molecule has 0 amide bonds. The molecular weight excluding hydrogens is 269 g/mol. The number of benzene rings is 2. The van der Waals surface area contributed by atoms with Crippen molar-refractivity contribution in [2.24, 2.45) is 0 Å². The Kier molecular flexibility index (Phi) is 4.93. The molecule has 0 aliphatic heterocycles. The van der Waals surface area contributed by atoms with Gasteiger partial charge in [0.2, 0.25) is 0 Å². The van der Waals surface area contributed by atoms with Crippen LogP contribution >= 0.6 is 0 Å². The van der Waals surface area contributed by atoms with Crippen LogP contribution in [0.1, 0.15) is 17.3 Å². The highest BCUT2D eigenvalue weighted by Gasteiger charge is 2.14. The van der Waals surface area contributed by atoms with Gasteiger partial charge in [0, 0.05) is 12.1 Å². The van der Waals surface area contributed by atoms with Gasteiger partial charge in [-0.3, -0.25) is 4.79 Å². The number of ketones is 1. The van der Waals surface area contributed by atoms with Crippen molar-refractivity contribution < 1.29 is 13.9 Å². The maximum absolute atomic E-state index is 13.8. The minimum Gasteiger partial charge on any atom is -0.497 e. The fraction of sp³-hybridized carbons (Fsp3) is 0.235. The number of anilines is 1. The van der Waals surface area contributed by atoms with Crippen LogP contribution < -0.4 is 9.64 Å². The number of likely N-dealkylation sites (N-methyl/N-ethyl adjacent to an activating group) is 1. The van der Waals surface area contributed by atoms with Crippen molar-refractivity contribution in [2.45, 2.75) is 6.92 Å². The molecule has 0 radical (unpaired) electrons. The van der Waals surface area contributed by atoms with Crippen molar-refractivity contribution in [1.82, 2.24) is 0 Å². The van der Waals surface area contributed by atoms with Gasteiger partial charge in [0.05, 0.1) is 19.3 Å². The predicted molar refractivity (Wildman–Crippen MR) is 81.6 cm³/mol. The molecule has 0 saturated heterocycles. The average molecular weight is 287 g/mol. The number of carbonyl (C=O) groups is 1. The number of rotatable bonds is 6. The molecule has 0 spiro atoms. The van der Waals surface area contributed by atoms with Gasteiger partial charge in [0.25, 0.3) is 0 Å². The highest BCUT2D eigenvalue weighted by atomic mass is 19.1. The van der Waals surface area contributed by atoms with Crippen molar-refractivity contribution in [3.63, 3.8) is 0 Å². The molecule has 4 heteroatoms. The van der Waals surface area contributed by atoms with E-state index in [0.29, 0.717) is 23.5 Å². The number of para-hydroxylation sites is 1. The lowest BCUT2D eigenvalue weighted by atomic mass is 10.1. The fourth-order valence-corrected chi connectivity index (χ4v) is 2.12. The van der Waals surface area contributed by atoms with Crippen LogP contribution in [0.5, 0.6) is 5.75 Å². The first kappa shape index (κ1) is 15.0. The Balaban J connectivity index is 2.14. The Morgan fingerprint density at radius 1 is 1.14 bits per heavy atom. The third kappa shape index (κ3) is 3.60. The molecule has 21 heavy (non-hydrogen) atoms. The van der Waals surface area contributed by atoms with Crippen LogP contribution in [-0.4, -0.2) is 26.0 Å². The standard InChI is InChI=1S/C17H18FNO2/c1-3-19(16-7-5-4-6-15(16)18)12-17(20)13-8-10-14(21-2)11-9-13/h4-11H,3,12H2,1-2H3. The molecule has 2 aromatic rings. The normalized spacial score (nSPS) is 10.2. The van der Waals surface area contributed by atoms with Crippen LogP contribution in [0, 0.1) is 5.82 Å². The largest absolute Gasteiger partial charge is 0.497 e. The summed E-state index contributed by atoms with van der Waals surface area (Å²) in [5.41, 5.74) is 1.03. The Labute approximate surface area is 124 Å². The maximum atomic E-state index is 13.8. The summed E-state index contributed by atoms with van der Waals surface area (Å²) in [6.45, 7) is 2.60. The topological polar surface area (TPSA) is 29.5 Å². The Hall–Kier alpha value is -2.36. The summed E-state index contributed by atoms with van der Waals surface area (Å²) in [7, 11) is 1.58. The number of methoxy groups -OCH3 is 1. The number of ether oxygens (including phenoxy) is 1. The van der Waals surface area contributed by atoms with E-state index in [9.17, 15) is 9.18 Å². The molecule has 0 fully saturated rings. The summed E-state index contributed by atoms with van der Waals surface area (Å²) >= 11 is 0. The molecular formula is C17H18FNO2. The van der Waals surface area contributed by atoms with E-state index < -0.39 is 0 Å². The first-order valence-electron chi connectivity index (χ1n) is 6.82. The Morgan fingerprint density at radius 2 is 1.81 bits per heavy atom. The maximum Gasteiger partial charge on any atom is 0.182 e.